The van der Waals surface area contributed by atoms with Crippen LogP contribution in [0, 0.1) is 0 Å². The highest BCUT2D eigenvalue weighted by Crippen LogP contribution is 2.42. The molecule has 0 aliphatic heterocycles. The summed E-state index contributed by atoms with van der Waals surface area (Å²) >= 11 is 26.0. The van der Waals surface area contributed by atoms with Gasteiger partial charge in [-0.3, -0.25) is 4.68 Å². The monoisotopic (exact) mass is 630 g/mol. The Hall–Kier alpha value is -2.17. The Bertz CT molecular complexity index is 1390. The standard InChI is InChI=1S/C34H38Cl4N2O/c1-2-3-4-5-6-7-8-9-10-14-19-40-32(23-31(39-40)28-18-17-26(35)20-29(28)37)34-30(38)21-27(36)22-33(34)41-24-25-15-12-11-13-16-25/h11-13,15-18,20-23H,2-10,14,19,24H2,1H3. The van der Waals surface area contributed by atoms with Crippen molar-refractivity contribution in [1.82, 2.24) is 9.78 Å². The first-order valence-corrected chi connectivity index (χ1v) is 16.2. The molecule has 4 aromatic rings. The second-order valence-electron chi connectivity index (χ2n) is 10.5. The summed E-state index contributed by atoms with van der Waals surface area (Å²) in [6.07, 6.45) is 12.7. The van der Waals surface area contributed by atoms with Gasteiger partial charge in [-0.1, -0.05) is 141 Å². The third kappa shape index (κ3) is 9.41. The molecule has 3 nitrogen and oxygen atoms in total. The summed E-state index contributed by atoms with van der Waals surface area (Å²) in [6.45, 7) is 3.42. The highest BCUT2D eigenvalue weighted by molar-refractivity contribution is 6.37. The van der Waals surface area contributed by atoms with Gasteiger partial charge in [0.2, 0.25) is 0 Å². The molecule has 1 aromatic heterocycles. The van der Waals surface area contributed by atoms with Crippen LogP contribution in [0.2, 0.25) is 20.1 Å². The lowest BCUT2D eigenvalue weighted by Crippen LogP contribution is -2.05. The molecule has 0 aliphatic carbocycles. The zero-order chi connectivity index (χ0) is 29.0. The van der Waals surface area contributed by atoms with Crippen molar-refractivity contribution in [2.45, 2.75) is 84.3 Å². The van der Waals surface area contributed by atoms with Gasteiger partial charge in [0.05, 0.1) is 27.0 Å². The van der Waals surface area contributed by atoms with Crippen molar-refractivity contribution < 1.29 is 4.74 Å². The quantitative estimate of drug-likeness (QED) is 0.115. The third-order valence-corrected chi connectivity index (χ3v) is 8.29. The van der Waals surface area contributed by atoms with E-state index in [4.69, 9.17) is 56.2 Å². The van der Waals surface area contributed by atoms with E-state index in [2.05, 4.69) is 6.92 Å². The van der Waals surface area contributed by atoms with Gasteiger partial charge in [0, 0.05) is 22.2 Å². The second-order valence-corrected chi connectivity index (χ2v) is 12.2. The summed E-state index contributed by atoms with van der Waals surface area (Å²) in [5.74, 6) is 0.615. The van der Waals surface area contributed by atoms with Crippen LogP contribution in [-0.4, -0.2) is 9.78 Å². The first kappa shape index (κ1) is 31.8. The Morgan fingerprint density at radius 2 is 1.34 bits per heavy atom. The Kier molecular flexibility index (Phi) is 12.8. The fourth-order valence-electron chi connectivity index (χ4n) is 5.01. The largest absolute Gasteiger partial charge is 0.488 e. The molecule has 7 heteroatoms. The van der Waals surface area contributed by atoms with Gasteiger partial charge in [-0.2, -0.15) is 5.10 Å². The lowest BCUT2D eigenvalue weighted by Gasteiger charge is -2.15. The highest BCUT2D eigenvalue weighted by Gasteiger charge is 2.21. The Balaban J connectivity index is 1.55. The fourth-order valence-corrected chi connectivity index (χ4v) is 6.09. The molecule has 0 N–H and O–H groups in total. The van der Waals surface area contributed by atoms with Crippen molar-refractivity contribution in [3.05, 3.63) is 92.4 Å². The summed E-state index contributed by atoms with van der Waals surface area (Å²) in [7, 11) is 0. The molecule has 0 saturated heterocycles. The molecule has 0 aliphatic rings. The van der Waals surface area contributed by atoms with Crippen LogP contribution in [0.1, 0.15) is 76.7 Å². The van der Waals surface area contributed by atoms with E-state index < -0.39 is 0 Å². The molecule has 0 bridgehead atoms. The van der Waals surface area contributed by atoms with Crippen LogP contribution in [-0.2, 0) is 13.2 Å². The molecule has 0 unspecified atom stereocenters. The number of hydrogen-bond donors (Lipinski definition) is 0. The summed E-state index contributed by atoms with van der Waals surface area (Å²) in [6, 6.07) is 21.1. The van der Waals surface area contributed by atoms with Crippen molar-refractivity contribution in [2.24, 2.45) is 0 Å². The molecule has 0 fully saturated rings. The minimum atomic E-state index is 0.396. The maximum Gasteiger partial charge on any atom is 0.132 e. The lowest BCUT2D eigenvalue weighted by molar-refractivity contribution is 0.307. The van der Waals surface area contributed by atoms with Crippen molar-refractivity contribution in [2.75, 3.05) is 0 Å². The molecule has 41 heavy (non-hydrogen) atoms. The molecule has 1 heterocycles. The maximum absolute atomic E-state index is 6.85. The number of aromatic nitrogens is 2. The summed E-state index contributed by atoms with van der Waals surface area (Å²) in [5, 5.41) is 7.15. The van der Waals surface area contributed by atoms with Crippen LogP contribution >= 0.6 is 46.4 Å². The molecule has 4 rings (SSSR count). The highest BCUT2D eigenvalue weighted by atomic mass is 35.5. The van der Waals surface area contributed by atoms with Crippen molar-refractivity contribution in [3.63, 3.8) is 0 Å². The van der Waals surface area contributed by atoms with E-state index in [0.717, 1.165) is 47.5 Å². The second kappa shape index (κ2) is 16.5. The molecule has 0 amide bonds. The molecule has 0 saturated carbocycles. The first-order chi connectivity index (χ1) is 20.0. The number of aryl methyl sites for hydroxylation is 1. The van der Waals surface area contributed by atoms with Crippen LogP contribution in [0.3, 0.4) is 0 Å². The number of ether oxygens (including phenoxy) is 1. The van der Waals surface area contributed by atoms with Gasteiger partial charge in [0.15, 0.2) is 0 Å². The Labute approximate surface area is 264 Å². The fraction of sp³-hybridized carbons (Fsp3) is 0.382. The topological polar surface area (TPSA) is 27.1 Å². The zero-order valence-corrected chi connectivity index (χ0v) is 26.7. The van der Waals surface area contributed by atoms with Gasteiger partial charge in [-0.05, 0) is 48.4 Å². The van der Waals surface area contributed by atoms with Crippen molar-refractivity contribution >= 4 is 46.4 Å². The van der Waals surface area contributed by atoms with Gasteiger partial charge in [0.1, 0.15) is 12.4 Å². The normalized spacial score (nSPS) is 11.2. The summed E-state index contributed by atoms with van der Waals surface area (Å²) < 4.78 is 8.32. The number of benzene rings is 3. The predicted octanol–water partition coefficient (Wildman–Crippen LogP) is 12.3. The molecule has 0 spiro atoms. The van der Waals surface area contributed by atoms with Crippen LogP contribution in [0.15, 0.2) is 66.7 Å². The Morgan fingerprint density at radius 3 is 2.02 bits per heavy atom. The molecule has 218 valence electrons. The smallest absolute Gasteiger partial charge is 0.132 e. The van der Waals surface area contributed by atoms with Gasteiger partial charge in [-0.25, -0.2) is 0 Å². The minimum Gasteiger partial charge on any atom is -0.488 e. The summed E-state index contributed by atoms with van der Waals surface area (Å²) in [5.41, 5.74) is 4.27. The average Bonchev–Trinajstić information content (AvgIpc) is 3.36. The van der Waals surface area contributed by atoms with E-state index in [-0.39, 0.29) is 0 Å². The van der Waals surface area contributed by atoms with Gasteiger partial charge in [0.25, 0.3) is 0 Å². The van der Waals surface area contributed by atoms with Crippen LogP contribution in [0.4, 0.5) is 0 Å². The number of hydrogen-bond acceptors (Lipinski definition) is 2. The SMILES string of the molecule is CCCCCCCCCCCCn1nc(-c2ccc(Cl)cc2Cl)cc1-c1c(Cl)cc(Cl)cc1OCc1ccccc1. The van der Waals surface area contributed by atoms with Crippen LogP contribution < -0.4 is 4.74 Å². The van der Waals surface area contributed by atoms with Crippen molar-refractivity contribution in [3.8, 4) is 28.3 Å². The first-order valence-electron chi connectivity index (χ1n) is 14.7. The minimum absolute atomic E-state index is 0.396. The molecule has 3 aromatic carbocycles. The zero-order valence-electron chi connectivity index (χ0n) is 23.7. The van der Waals surface area contributed by atoms with E-state index in [1.807, 2.05) is 59.3 Å². The van der Waals surface area contributed by atoms with E-state index >= 15 is 0 Å². The molecular weight excluding hydrogens is 594 g/mol. The molecule has 0 radical (unpaired) electrons. The maximum atomic E-state index is 6.85. The number of nitrogens with zero attached hydrogens (tertiary/aromatic N) is 2. The molecular formula is C34H38Cl4N2O. The Morgan fingerprint density at radius 1 is 0.683 bits per heavy atom. The van der Waals surface area contributed by atoms with Gasteiger partial charge >= 0.3 is 0 Å². The van der Waals surface area contributed by atoms with E-state index in [1.54, 1.807) is 12.1 Å². The van der Waals surface area contributed by atoms with Crippen molar-refractivity contribution in [1.29, 1.82) is 0 Å². The lowest BCUT2D eigenvalue weighted by atomic mass is 10.1. The molecule has 0 atom stereocenters. The van der Waals surface area contributed by atoms with Crippen LogP contribution in [0.5, 0.6) is 5.75 Å². The van der Waals surface area contributed by atoms with E-state index in [9.17, 15) is 0 Å². The van der Waals surface area contributed by atoms with Gasteiger partial charge in [-0.15, -0.1) is 0 Å². The number of halogens is 4. The predicted molar refractivity (Wildman–Crippen MR) is 176 cm³/mol. The third-order valence-electron chi connectivity index (χ3n) is 7.22. The van der Waals surface area contributed by atoms with E-state index in [0.29, 0.717) is 32.4 Å². The summed E-state index contributed by atoms with van der Waals surface area (Å²) in [4.78, 5) is 0. The number of rotatable bonds is 16. The van der Waals surface area contributed by atoms with Gasteiger partial charge < -0.3 is 4.74 Å². The number of unbranched alkanes of at least 4 members (excludes halogenated alkanes) is 9. The van der Waals surface area contributed by atoms with Crippen LogP contribution in [0.25, 0.3) is 22.5 Å². The van der Waals surface area contributed by atoms with E-state index in [1.165, 1.54) is 51.4 Å². The average molecular weight is 633 g/mol.